The predicted molar refractivity (Wildman–Crippen MR) is 197 cm³/mol. The summed E-state index contributed by atoms with van der Waals surface area (Å²) in [7, 11) is -4.11. The van der Waals surface area contributed by atoms with Gasteiger partial charge in [-0.25, -0.2) is 8.42 Å². The highest BCUT2D eigenvalue weighted by molar-refractivity contribution is 9.10. The van der Waals surface area contributed by atoms with Crippen LogP contribution in [0, 0.1) is 0 Å². The SMILES string of the molecule is O=S(=O)([C@H](Br)c1ccccc1)[C@@H]1O[C@H](COCc2ccccc2)[C@@H](OCc2ccccc2)[C@H](OCc2ccccc2)[C@H]1OCc1ccccc1. The minimum Gasteiger partial charge on any atom is -0.374 e. The molecular weight excluding hydrogens is 716 g/mol. The van der Waals surface area contributed by atoms with Gasteiger partial charge < -0.3 is 23.7 Å². The molecule has 0 spiro atoms. The van der Waals surface area contributed by atoms with E-state index >= 15 is 0 Å². The molecule has 1 saturated heterocycles. The number of alkyl halides is 1. The van der Waals surface area contributed by atoms with Crippen LogP contribution in [-0.2, 0) is 59.9 Å². The molecule has 1 fully saturated rings. The van der Waals surface area contributed by atoms with Gasteiger partial charge in [-0.1, -0.05) is 168 Å². The summed E-state index contributed by atoms with van der Waals surface area (Å²) in [6, 6.07) is 48.1. The molecule has 6 atom stereocenters. The molecule has 0 radical (unpaired) electrons. The van der Waals surface area contributed by atoms with Gasteiger partial charge in [-0.05, 0) is 27.8 Å². The molecule has 0 amide bonds. The van der Waals surface area contributed by atoms with E-state index in [1.54, 1.807) is 12.1 Å². The Morgan fingerprint density at radius 1 is 0.520 bits per heavy atom. The number of rotatable bonds is 16. The Morgan fingerprint density at radius 3 is 1.36 bits per heavy atom. The summed E-state index contributed by atoms with van der Waals surface area (Å²) in [4.78, 5) is 0. The molecule has 1 aliphatic heterocycles. The fraction of sp³-hybridized carbons (Fsp3) is 0.268. The Bertz CT molecular complexity index is 1810. The van der Waals surface area contributed by atoms with Gasteiger partial charge in [0.2, 0.25) is 0 Å². The first-order chi connectivity index (χ1) is 24.5. The van der Waals surface area contributed by atoms with Gasteiger partial charge in [0.1, 0.15) is 28.6 Å². The zero-order valence-electron chi connectivity index (χ0n) is 27.6. The number of ether oxygens (including phenoxy) is 5. The van der Waals surface area contributed by atoms with E-state index in [4.69, 9.17) is 23.7 Å². The van der Waals surface area contributed by atoms with E-state index in [1.807, 2.05) is 140 Å². The van der Waals surface area contributed by atoms with Crippen molar-refractivity contribution >= 4 is 25.8 Å². The molecule has 0 unspecified atom stereocenters. The van der Waals surface area contributed by atoms with Gasteiger partial charge in [0.25, 0.3) is 0 Å². The molecule has 5 aromatic carbocycles. The smallest absolute Gasteiger partial charge is 0.196 e. The summed E-state index contributed by atoms with van der Waals surface area (Å²) in [6.07, 6.45) is -3.46. The van der Waals surface area contributed by atoms with Gasteiger partial charge in [-0.2, -0.15) is 0 Å². The molecular formula is C41H41BrO7S. The van der Waals surface area contributed by atoms with Crippen molar-refractivity contribution in [3.8, 4) is 0 Å². The van der Waals surface area contributed by atoms with Crippen molar-refractivity contribution in [2.24, 2.45) is 0 Å². The minimum absolute atomic E-state index is 0.0647. The third-order valence-electron chi connectivity index (χ3n) is 8.51. The van der Waals surface area contributed by atoms with Crippen LogP contribution in [0.4, 0.5) is 0 Å². The molecule has 50 heavy (non-hydrogen) atoms. The predicted octanol–water partition coefficient (Wildman–Crippen LogP) is 8.19. The fourth-order valence-corrected chi connectivity index (χ4v) is 8.54. The van der Waals surface area contributed by atoms with Crippen LogP contribution in [0.5, 0.6) is 0 Å². The second-order valence-corrected chi connectivity index (χ2v) is 15.8. The lowest BCUT2D eigenvalue weighted by molar-refractivity contribution is -0.256. The lowest BCUT2D eigenvalue weighted by Crippen LogP contribution is -2.63. The van der Waals surface area contributed by atoms with Crippen LogP contribution >= 0.6 is 15.9 Å². The largest absolute Gasteiger partial charge is 0.374 e. The van der Waals surface area contributed by atoms with Gasteiger partial charge in [0.05, 0.1) is 33.0 Å². The molecule has 260 valence electrons. The topological polar surface area (TPSA) is 80.3 Å². The summed E-state index contributed by atoms with van der Waals surface area (Å²) >= 11 is 3.52. The number of hydrogen-bond donors (Lipinski definition) is 0. The maximum absolute atomic E-state index is 14.7. The zero-order valence-corrected chi connectivity index (χ0v) is 30.0. The molecule has 0 bridgehead atoms. The summed E-state index contributed by atoms with van der Waals surface area (Å²) in [6.45, 7) is 0.990. The average molecular weight is 758 g/mol. The first-order valence-electron chi connectivity index (χ1n) is 16.6. The molecule has 5 aromatic rings. The van der Waals surface area contributed by atoms with Gasteiger partial charge in [-0.3, -0.25) is 0 Å². The highest BCUT2D eigenvalue weighted by atomic mass is 79.9. The van der Waals surface area contributed by atoms with E-state index in [0.29, 0.717) is 12.2 Å². The molecule has 7 nitrogen and oxygen atoms in total. The standard InChI is InChI=1S/C41H41BrO7S/c42-40(35-24-14-5-15-25-35)50(43,44)41-39(48-29-34-22-12-4-13-23-34)38(47-28-33-20-10-3-11-21-33)37(46-27-32-18-8-2-9-19-32)36(49-41)30-45-26-31-16-6-1-7-17-31/h1-25,36-41H,26-30H2/t36-,37-,38+,39-,40+,41+/m1/s1. The number of benzene rings is 5. The maximum atomic E-state index is 14.7. The number of halogens is 1. The Morgan fingerprint density at radius 2 is 0.900 bits per heavy atom. The molecule has 9 heteroatoms. The molecule has 6 rings (SSSR count). The van der Waals surface area contributed by atoms with Crippen molar-refractivity contribution < 1.29 is 32.1 Å². The third-order valence-corrected chi connectivity index (χ3v) is 12.5. The monoisotopic (exact) mass is 756 g/mol. The van der Waals surface area contributed by atoms with Crippen LogP contribution < -0.4 is 0 Å². The molecule has 0 aliphatic carbocycles. The van der Waals surface area contributed by atoms with Crippen molar-refractivity contribution in [1.82, 2.24) is 0 Å². The first kappa shape index (κ1) is 36.1. The van der Waals surface area contributed by atoms with Gasteiger partial charge >= 0.3 is 0 Å². The molecule has 1 aliphatic rings. The molecule has 0 N–H and O–H groups in total. The summed E-state index contributed by atoms with van der Waals surface area (Å²) in [5, 5.41) is 0. The first-order valence-corrected chi connectivity index (χ1v) is 19.2. The van der Waals surface area contributed by atoms with E-state index in [1.165, 1.54) is 0 Å². The molecule has 1 heterocycles. The second kappa shape index (κ2) is 18.0. The van der Waals surface area contributed by atoms with Gasteiger partial charge in [0, 0.05) is 0 Å². The normalized spacial score (nSPS) is 21.4. The Balaban J connectivity index is 1.38. The Kier molecular flexibility index (Phi) is 13.0. The van der Waals surface area contributed by atoms with E-state index in [2.05, 4.69) is 15.9 Å². The maximum Gasteiger partial charge on any atom is 0.196 e. The minimum atomic E-state index is -4.11. The van der Waals surface area contributed by atoms with E-state index in [0.717, 1.165) is 22.3 Å². The molecule has 0 aromatic heterocycles. The van der Waals surface area contributed by atoms with Crippen molar-refractivity contribution in [1.29, 1.82) is 0 Å². The third kappa shape index (κ3) is 9.56. The van der Waals surface area contributed by atoms with Crippen LogP contribution in [0.15, 0.2) is 152 Å². The van der Waals surface area contributed by atoms with E-state index < -0.39 is 43.8 Å². The highest BCUT2D eigenvalue weighted by Gasteiger charge is 2.54. The average Bonchev–Trinajstić information content (AvgIpc) is 3.17. The summed E-state index contributed by atoms with van der Waals surface area (Å²) in [5.41, 5.74) is 2.93. The van der Waals surface area contributed by atoms with Gasteiger partial charge in [0.15, 0.2) is 15.3 Å². The van der Waals surface area contributed by atoms with Gasteiger partial charge in [-0.15, -0.1) is 0 Å². The fourth-order valence-electron chi connectivity index (χ4n) is 5.92. The number of sulfone groups is 1. The van der Waals surface area contributed by atoms with Crippen molar-refractivity contribution in [3.05, 3.63) is 179 Å². The second-order valence-electron chi connectivity index (χ2n) is 12.1. The zero-order chi connectivity index (χ0) is 34.6. The van der Waals surface area contributed by atoms with Crippen LogP contribution in [0.1, 0.15) is 32.0 Å². The Labute approximate surface area is 303 Å². The van der Waals surface area contributed by atoms with Crippen molar-refractivity contribution in [2.75, 3.05) is 6.61 Å². The van der Waals surface area contributed by atoms with Crippen molar-refractivity contribution in [2.45, 2.75) is 60.4 Å². The quantitative estimate of drug-likeness (QED) is 0.0940. The highest BCUT2D eigenvalue weighted by Crippen LogP contribution is 2.40. The van der Waals surface area contributed by atoms with Crippen LogP contribution in [0.3, 0.4) is 0 Å². The Hall–Kier alpha value is -3.67. The van der Waals surface area contributed by atoms with E-state index in [-0.39, 0.29) is 26.4 Å². The number of hydrogen-bond acceptors (Lipinski definition) is 7. The molecule has 0 saturated carbocycles. The van der Waals surface area contributed by atoms with Crippen LogP contribution in [-0.4, -0.2) is 44.9 Å². The summed E-state index contributed by atoms with van der Waals surface area (Å²) in [5.74, 6) is 0. The van der Waals surface area contributed by atoms with E-state index in [9.17, 15) is 8.42 Å². The lowest BCUT2D eigenvalue weighted by atomic mass is 9.98. The van der Waals surface area contributed by atoms with Crippen LogP contribution in [0.2, 0.25) is 0 Å². The lowest BCUT2D eigenvalue weighted by Gasteiger charge is -2.46. The van der Waals surface area contributed by atoms with Crippen LogP contribution in [0.25, 0.3) is 0 Å². The van der Waals surface area contributed by atoms with Crippen molar-refractivity contribution in [3.63, 3.8) is 0 Å². The summed E-state index contributed by atoms with van der Waals surface area (Å²) < 4.78 is 61.1.